The fraction of sp³-hybridized carbons (Fsp3) is 0.829. The van der Waals surface area contributed by atoms with Crippen LogP contribution in [0.15, 0.2) is 36.5 Å². The highest BCUT2D eigenvalue weighted by Gasteiger charge is 2.50. The summed E-state index contributed by atoms with van der Waals surface area (Å²) < 4.78 is 22.5. The van der Waals surface area contributed by atoms with E-state index in [1.54, 1.807) is 6.08 Å². The minimum atomic E-state index is -1.79. The summed E-state index contributed by atoms with van der Waals surface area (Å²) in [5, 5.41) is 86.0. The monoisotopic (exact) mass is 788 g/mol. The molecule has 2 aliphatic heterocycles. The second-order valence-corrected chi connectivity index (χ2v) is 14.8. The van der Waals surface area contributed by atoms with Gasteiger partial charge < -0.3 is 65.1 Å². The molecule has 0 aromatic carbocycles. The van der Waals surface area contributed by atoms with Crippen LogP contribution >= 0.6 is 0 Å². The maximum atomic E-state index is 13.0. The highest BCUT2D eigenvalue weighted by molar-refractivity contribution is 5.76. The van der Waals surface area contributed by atoms with Gasteiger partial charge in [-0.25, -0.2) is 0 Å². The number of aliphatic hydroxyl groups is 8. The Balaban J connectivity index is 1.95. The quantitative estimate of drug-likeness (QED) is 0.0393. The number of aliphatic hydroxyl groups excluding tert-OH is 8. The molecule has 0 aromatic heterocycles. The summed E-state index contributed by atoms with van der Waals surface area (Å²) in [6, 6.07) is -0.930. The number of hydrogen-bond donors (Lipinski definition) is 9. The van der Waals surface area contributed by atoms with Crippen LogP contribution in [0.1, 0.15) is 123 Å². The fourth-order valence-electron chi connectivity index (χ4n) is 6.68. The molecule has 2 rings (SSSR count). The molecule has 55 heavy (non-hydrogen) atoms. The van der Waals surface area contributed by atoms with Gasteiger partial charge in [0.05, 0.1) is 32.0 Å². The van der Waals surface area contributed by atoms with E-state index in [4.69, 9.17) is 18.9 Å². The van der Waals surface area contributed by atoms with E-state index >= 15 is 0 Å². The van der Waals surface area contributed by atoms with Gasteiger partial charge in [0.1, 0.15) is 48.8 Å². The standard InChI is InChI=1S/C41H73NO13/c1-3-5-7-9-11-13-14-15-17-19-21-23-25-33(46)42-29(30(45)24-22-20-18-16-12-10-8-6-4-2)28-52-40-38(51)36(49)39(32(27-44)54-40)55-41-37(50)35(48)34(47)31(26-43)53-41/h4,6,12,16,22,24,29-32,34-41,43-45,47-51H,3,5,7-11,13-15,17-21,23,25-28H2,1-2H3,(H,42,46)/b6-4+,16-12+,24-22+. The molecule has 0 radical (unpaired) electrons. The van der Waals surface area contributed by atoms with Crippen LogP contribution in [0.2, 0.25) is 0 Å². The average molecular weight is 788 g/mol. The molecule has 0 bridgehead atoms. The fourth-order valence-corrected chi connectivity index (χ4v) is 6.68. The van der Waals surface area contributed by atoms with E-state index in [2.05, 4.69) is 30.5 Å². The van der Waals surface area contributed by atoms with Crippen LogP contribution in [0.3, 0.4) is 0 Å². The topological polar surface area (TPSA) is 228 Å². The first-order chi connectivity index (χ1) is 26.6. The Kier molecular flexibility index (Phi) is 26.4. The molecule has 14 nitrogen and oxygen atoms in total. The Hall–Kier alpha value is -1.79. The zero-order valence-electron chi connectivity index (χ0n) is 33.2. The van der Waals surface area contributed by atoms with Crippen LogP contribution in [0.5, 0.6) is 0 Å². The predicted molar refractivity (Wildman–Crippen MR) is 208 cm³/mol. The van der Waals surface area contributed by atoms with Crippen LogP contribution in [0.4, 0.5) is 0 Å². The number of nitrogens with one attached hydrogen (secondary N) is 1. The first kappa shape index (κ1) is 49.4. The third-order valence-electron chi connectivity index (χ3n) is 10.2. The molecule has 9 N–H and O–H groups in total. The van der Waals surface area contributed by atoms with Gasteiger partial charge in [0, 0.05) is 6.42 Å². The van der Waals surface area contributed by atoms with Crippen molar-refractivity contribution in [3.8, 4) is 0 Å². The summed E-state index contributed by atoms with van der Waals surface area (Å²) in [7, 11) is 0. The third-order valence-corrected chi connectivity index (χ3v) is 10.2. The molecule has 12 unspecified atom stereocenters. The summed E-state index contributed by atoms with van der Waals surface area (Å²) >= 11 is 0. The number of carbonyl (C=O) groups excluding carboxylic acids is 1. The normalized spacial score (nSPS) is 30.1. The zero-order chi connectivity index (χ0) is 40.4. The van der Waals surface area contributed by atoms with E-state index in [1.165, 1.54) is 51.4 Å². The Morgan fingerprint density at radius 1 is 0.673 bits per heavy atom. The Morgan fingerprint density at radius 2 is 1.20 bits per heavy atom. The lowest BCUT2D eigenvalue weighted by molar-refractivity contribution is -0.359. The van der Waals surface area contributed by atoms with Crippen molar-refractivity contribution in [3.05, 3.63) is 36.5 Å². The molecule has 2 aliphatic rings. The molecule has 0 aromatic rings. The van der Waals surface area contributed by atoms with Crippen molar-refractivity contribution < 1.29 is 64.6 Å². The van der Waals surface area contributed by atoms with E-state index in [0.29, 0.717) is 12.8 Å². The van der Waals surface area contributed by atoms with Crippen molar-refractivity contribution in [1.82, 2.24) is 5.32 Å². The number of unbranched alkanes of at least 4 members (excludes halogenated alkanes) is 13. The number of carbonyl (C=O) groups is 1. The van der Waals surface area contributed by atoms with E-state index in [9.17, 15) is 45.6 Å². The molecule has 2 fully saturated rings. The molecule has 0 saturated carbocycles. The number of hydrogen-bond acceptors (Lipinski definition) is 13. The molecule has 2 saturated heterocycles. The predicted octanol–water partition coefficient (Wildman–Crippen LogP) is 2.81. The minimum absolute atomic E-state index is 0.261. The van der Waals surface area contributed by atoms with Crippen molar-refractivity contribution in [2.24, 2.45) is 0 Å². The largest absolute Gasteiger partial charge is 0.394 e. The van der Waals surface area contributed by atoms with Gasteiger partial charge in [-0.1, -0.05) is 114 Å². The van der Waals surface area contributed by atoms with Crippen LogP contribution < -0.4 is 5.32 Å². The zero-order valence-corrected chi connectivity index (χ0v) is 33.2. The lowest BCUT2D eigenvalue weighted by Gasteiger charge is -2.46. The smallest absolute Gasteiger partial charge is 0.220 e. The molecule has 0 spiro atoms. The Labute approximate surface area is 328 Å². The summed E-state index contributed by atoms with van der Waals surface area (Å²) in [5.41, 5.74) is 0. The van der Waals surface area contributed by atoms with E-state index in [0.717, 1.165) is 38.5 Å². The van der Waals surface area contributed by atoms with Crippen LogP contribution in [0.25, 0.3) is 0 Å². The van der Waals surface area contributed by atoms with Crippen LogP contribution in [-0.2, 0) is 23.7 Å². The second-order valence-electron chi connectivity index (χ2n) is 14.8. The number of allylic oxidation sites excluding steroid dienone is 5. The molecular formula is C41H73NO13. The van der Waals surface area contributed by atoms with E-state index in [-0.39, 0.29) is 18.9 Å². The highest BCUT2D eigenvalue weighted by atomic mass is 16.7. The van der Waals surface area contributed by atoms with Crippen molar-refractivity contribution in [3.63, 3.8) is 0 Å². The van der Waals surface area contributed by atoms with Crippen molar-refractivity contribution in [2.75, 3.05) is 19.8 Å². The van der Waals surface area contributed by atoms with Crippen molar-refractivity contribution >= 4 is 5.91 Å². The molecule has 0 aliphatic carbocycles. The van der Waals surface area contributed by atoms with Gasteiger partial charge in [-0.15, -0.1) is 0 Å². The van der Waals surface area contributed by atoms with Crippen molar-refractivity contribution in [1.29, 1.82) is 0 Å². The molecule has 2 heterocycles. The van der Waals surface area contributed by atoms with Gasteiger partial charge in [0.25, 0.3) is 0 Å². The molecule has 14 heteroatoms. The molecule has 320 valence electrons. The average Bonchev–Trinajstić information content (AvgIpc) is 3.18. The van der Waals surface area contributed by atoms with Gasteiger partial charge in [-0.05, 0) is 39.0 Å². The first-order valence-corrected chi connectivity index (χ1v) is 20.7. The number of ether oxygens (including phenoxy) is 4. The Bertz CT molecular complexity index is 1070. The van der Waals surface area contributed by atoms with Gasteiger partial charge in [0.15, 0.2) is 12.6 Å². The van der Waals surface area contributed by atoms with Gasteiger partial charge >= 0.3 is 0 Å². The summed E-state index contributed by atoms with van der Waals surface area (Å²) in [6.45, 7) is 2.47. The SMILES string of the molecule is C/C=C/CC/C=C/CC/C=C/C(O)C(COC1OC(CO)C(OC2OC(CO)C(O)C(O)C2O)C(O)C1O)NC(=O)CCCCCCCCCCCCCC. The van der Waals surface area contributed by atoms with Crippen molar-refractivity contribution in [2.45, 2.75) is 197 Å². The highest BCUT2D eigenvalue weighted by Crippen LogP contribution is 2.29. The molecule has 1 amide bonds. The summed E-state index contributed by atoms with van der Waals surface area (Å²) in [4.78, 5) is 13.0. The van der Waals surface area contributed by atoms with E-state index < -0.39 is 86.8 Å². The summed E-state index contributed by atoms with van der Waals surface area (Å²) in [5.74, 6) is -0.261. The number of rotatable bonds is 29. The summed E-state index contributed by atoms with van der Waals surface area (Å²) in [6.07, 6.45) is 12.3. The molecule has 12 atom stereocenters. The maximum absolute atomic E-state index is 13.0. The Morgan fingerprint density at radius 3 is 1.78 bits per heavy atom. The van der Waals surface area contributed by atoms with Crippen LogP contribution in [0, 0.1) is 0 Å². The second kappa shape index (κ2) is 29.4. The lowest BCUT2D eigenvalue weighted by Crippen LogP contribution is -2.65. The lowest BCUT2D eigenvalue weighted by atomic mass is 9.97. The molecular weight excluding hydrogens is 714 g/mol. The van der Waals surface area contributed by atoms with Crippen LogP contribution in [-0.4, -0.2) is 140 Å². The number of amides is 1. The maximum Gasteiger partial charge on any atom is 0.220 e. The minimum Gasteiger partial charge on any atom is -0.394 e. The third kappa shape index (κ3) is 18.6. The van der Waals surface area contributed by atoms with Gasteiger partial charge in [-0.2, -0.15) is 0 Å². The van der Waals surface area contributed by atoms with E-state index in [1.807, 2.05) is 19.1 Å². The van der Waals surface area contributed by atoms with Gasteiger partial charge in [-0.3, -0.25) is 4.79 Å². The van der Waals surface area contributed by atoms with Gasteiger partial charge in [0.2, 0.25) is 5.91 Å². The first-order valence-electron chi connectivity index (χ1n) is 20.7.